The van der Waals surface area contributed by atoms with Gasteiger partial charge in [0, 0.05) is 30.6 Å². The highest BCUT2D eigenvalue weighted by Crippen LogP contribution is 2.29. The number of halogens is 3. The van der Waals surface area contributed by atoms with Crippen LogP contribution in [0.4, 0.5) is 24.5 Å². The number of anilines is 2. The van der Waals surface area contributed by atoms with E-state index in [4.69, 9.17) is 23.7 Å². The zero-order valence-electron chi connectivity index (χ0n) is 30.0. The number of hydrogen-bond donors (Lipinski definition) is 2. The number of amides is 1. The predicted molar refractivity (Wildman–Crippen MR) is 196 cm³/mol. The van der Waals surface area contributed by atoms with Crippen molar-refractivity contribution in [3.63, 3.8) is 0 Å². The van der Waals surface area contributed by atoms with Crippen LogP contribution in [-0.4, -0.2) is 76.5 Å². The van der Waals surface area contributed by atoms with E-state index in [1.807, 2.05) is 26.1 Å². The summed E-state index contributed by atoms with van der Waals surface area (Å²) < 4.78 is 63.9. The van der Waals surface area contributed by atoms with Crippen LogP contribution >= 0.6 is 0 Å². The smallest absolute Gasteiger partial charge is 0.391 e. The predicted octanol–water partition coefficient (Wildman–Crippen LogP) is 8.35. The highest BCUT2D eigenvalue weighted by atomic mass is 19.4. The molecule has 4 aromatic rings. The zero-order valence-corrected chi connectivity index (χ0v) is 30.0. The average molecular weight is 751 g/mol. The number of esters is 2. The molecule has 0 unspecified atom stereocenters. The molecule has 4 aromatic carbocycles. The number of carbonyl (C=O) groups is 4. The Labute approximate surface area is 310 Å². The summed E-state index contributed by atoms with van der Waals surface area (Å²) in [6.45, 7) is 2.76. The lowest BCUT2D eigenvalue weighted by Crippen LogP contribution is -2.19. The molecule has 0 saturated carbocycles. The van der Waals surface area contributed by atoms with Crippen molar-refractivity contribution in [2.24, 2.45) is 0 Å². The fourth-order valence-corrected chi connectivity index (χ4v) is 4.99. The van der Waals surface area contributed by atoms with Gasteiger partial charge in [0.15, 0.2) is 5.78 Å². The molecule has 2 N–H and O–H groups in total. The summed E-state index contributed by atoms with van der Waals surface area (Å²) >= 11 is 0. The number of alkyl halides is 3. The van der Waals surface area contributed by atoms with Gasteiger partial charge >= 0.3 is 18.1 Å². The second-order valence-electron chi connectivity index (χ2n) is 11.8. The van der Waals surface area contributed by atoms with Gasteiger partial charge in [-0.05, 0) is 97.3 Å². The van der Waals surface area contributed by atoms with Crippen molar-refractivity contribution in [2.45, 2.75) is 32.9 Å². The normalized spacial score (nSPS) is 11.1. The van der Waals surface area contributed by atoms with Crippen molar-refractivity contribution in [3.05, 3.63) is 107 Å². The van der Waals surface area contributed by atoms with E-state index in [1.54, 1.807) is 42.5 Å². The van der Waals surface area contributed by atoms with Gasteiger partial charge in [0.1, 0.15) is 24.7 Å². The number of hydrogen-bond acceptors (Lipinski definition) is 10. The minimum atomic E-state index is -4.38. The maximum Gasteiger partial charge on any atom is 0.391 e. The molecule has 0 spiro atoms. The van der Waals surface area contributed by atoms with Crippen LogP contribution in [0.1, 0.15) is 68.1 Å². The number of Topliss-reactive ketones (excluding diaryl/α,β-unsaturated/α-hetero) is 1. The number of benzene rings is 4. The third-order valence-electron chi connectivity index (χ3n) is 7.73. The maximum atomic E-state index is 13.7. The lowest BCUT2D eigenvalue weighted by Gasteiger charge is -2.14. The highest BCUT2D eigenvalue weighted by Gasteiger charge is 2.26. The van der Waals surface area contributed by atoms with Gasteiger partial charge < -0.3 is 34.3 Å². The van der Waals surface area contributed by atoms with Crippen LogP contribution in [0, 0.1) is 0 Å². The Morgan fingerprint density at radius 1 is 0.611 bits per heavy atom. The third-order valence-corrected chi connectivity index (χ3v) is 7.73. The fourth-order valence-electron chi connectivity index (χ4n) is 4.99. The van der Waals surface area contributed by atoms with Crippen molar-refractivity contribution < 1.29 is 56.0 Å². The topological polar surface area (TPSA) is 138 Å². The van der Waals surface area contributed by atoms with Crippen molar-refractivity contribution >= 4 is 35.0 Å². The molecular weight excluding hydrogens is 709 g/mol. The molecule has 11 nitrogen and oxygen atoms in total. The van der Waals surface area contributed by atoms with Crippen LogP contribution in [0.15, 0.2) is 84.9 Å². The summed E-state index contributed by atoms with van der Waals surface area (Å²) in [5.74, 6) is -1.58. The van der Waals surface area contributed by atoms with Gasteiger partial charge in [-0.1, -0.05) is 19.1 Å². The first-order valence-electron chi connectivity index (χ1n) is 17.1. The summed E-state index contributed by atoms with van der Waals surface area (Å²) in [6.07, 6.45) is -4.72. The molecule has 0 aromatic heterocycles. The van der Waals surface area contributed by atoms with Gasteiger partial charge in [-0.25, -0.2) is 9.59 Å². The lowest BCUT2D eigenvalue weighted by atomic mass is 9.94. The van der Waals surface area contributed by atoms with Gasteiger partial charge in [0.05, 0.1) is 42.9 Å². The molecule has 0 radical (unpaired) electrons. The Balaban J connectivity index is 1.56. The number of carbonyl (C=O) groups excluding carboxylic acids is 4. The third kappa shape index (κ3) is 12.5. The van der Waals surface area contributed by atoms with E-state index in [-0.39, 0.29) is 48.7 Å². The molecule has 286 valence electrons. The molecule has 0 heterocycles. The minimum Gasteiger partial charge on any atom is -0.460 e. The summed E-state index contributed by atoms with van der Waals surface area (Å²) in [6, 6.07) is 22.7. The fraction of sp³-hybridized carbons (Fsp3) is 0.300. The number of nitrogens with one attached hydrogen (secondary N) is 2. The summed E-state index contributed by atoms with van der Waals surface area (Å²) in [4.78, 5) is 52.3. The van der Waals surface area contributed by atoms with E-state index >= 15 is 0 Å². The molecule has 0 fully saturated rings. The zero-order chi connectivity index (χ0) is 39.1. The second kappa shape index (κ2) is 19.9. The van der Waals surface area contributed by atoms with Gasteiger partial charge in [-0.3, -0.25) is 9.59 Å². The Kier molecular flexibility index (Phi) is 15.1. The minimum absolute atomic E-state index is 0.00809. The van der Waals surface area contributed by atoms with E-state index in [9.17, 15) is 32.3 Å². The number of ether oxygens (including phenoxy) is 5. The van der Waals surface area contributed by atoms with Crippen molar-refractivity contribution in [1.29, 1.82) is 0 Å². The van der Waals surface area contributed by atoms with Gasteiger partial charge in [-0.15, -0.1) is 0 Å². The van der Waals surface area contributed by atoms with Crippen LogP contribution < -0.4 is 15.4 Å². The van der Waals surface area contributed by atoms with E-state index in [1.165, 1.54) is 37.3 Å². The van der Waals surface area contributed by atoms with Crippen molar-refractivity contribution in [2.75, 3.05) is 57.3 Å². The molecule has 0 aliphatic rings. The maximum absolute atomic E-state index is 13.7. The number of ketones is 1. The van der Waals surface area contributed by atoms with Gasteiger partial charge in [0.25, 0.3) is 5.91 Å². The highest BCUT2D eigenvalue weighted by molar-refractivity contribution is 6.12. The van der Waals surface area contributed by atoms with E-state index < -0.39 is 42.8 Å². The lowest BCUT2D eigenvalue weighted by molar-refractivity contribution is -0.145. The Morgan fingerprint density at radius 3 is 1.61 bits per heavy atom. The molecule has 1 amide bonds. The first kappa shape index (κ1) is 41.0. The van der Waals surface area contributed by atoms with Crippen LogP contribution in [0.2, 0.25) is 0 Å². The first-order valence-corrected chi connectivity index (χ1v) is 17.1. The molecular formula is C40H41F3N2O9. The first-order chi connectivity index (χ1) is 25.9. The summed E-state index contributed by atoms with van der Waals surface area (Å²) in [5.41, 5.74) is 2.10. The van der Waals surface area contributed by atoms with E-state index in [2.05, 4.69) is 10.6 Å². The molecule has 54 heavy (non-hydrogen) atoms. The molecule has 0 atom stereocenters. The molecule has 14 heteroatoms. The Morgan fingerprint density at radius 2 is 1.11 bits per heavy atom. The molecule has 0 aliphatic heterocycles. The van der Waals surface area contributed by atoms with E-state index in [0.717, 1.165) is 12.1 Å². The monoisotopic (exact) mass is 750 g/mol. The summed E-state index contributed by atoms with van der Waals surface area (Å²) in [5, 5.41) is 5.78. The number of rotatable bonds is 19. The Hall–Kier alpha value is -5.73. The standard InChI is InChI=1S/C40H41F3N2O9/c1-4-18-50-20-22-52-38(48)33-15-5-27(24-35(33)26(2)46)28-6-16-34(39(49)53-23-21-51-19-17-40(41,42)43)36(25-28)37(47)45-30-9-13-32(14-10-30)54-31-11-7-29(44-3)8-12-31/h5-16,24-25,44H,4,17-23H2,1-3H3,(H,45,47). The molecule has 0 bridgehead atoms. The Bertz CT molecular complexity index is 1900. The molecule has 4 rings (SSSR count). The van der Waals surface area contributed by atoms with Gasteiger partial charge in [-0.2, -0.15) is 13.2 Å². The van der Waals surface area contributed by atoms with Crippen LogP contribution in [0.25, 0.3) is 11.1 Å². The van der Waals surface area contributed by atoms with Crippen LogP contribution in [0.5, 0.6) is 11.5 Å². The average Bonchev–Trinajstić information content (AvgIpc) is 3.16. The molecule has 0 aliphatic carbocycles. The van der Waals surface area contributed by atoms with Crippen molar-refractivity contribution in [1.82, 2.24) is 0 Å². The van der Waals surface area contributed by atoms with Crippen LogP contribution in [-0.2, 0) is 18.9 Å². The SMILES string of the molecule is CCCOCCOC(=O)c1ccc(-c2ccc(C(=O)OCCOCCC(F)(F)F)c(C(=O)Nc3ccc(Oc4ccc(NC)cc4)cc3)c2)cc1C(C)=O. The quantitative estimate of drug-likeness (QED) is 0.0546. The second-order valence-corrected chi connectivity index (χ2v) is 11.8. The van der Waals surface area contributed by atoms with Gasteiger partial charge in [0.2, 0.25) is 0 Å². The van der Waals surface area contributed by atoms with Crippen molar-refractivity contribution in [3.8, 4) is 22.6 Å². The van der Waals surface area contributed by atoms with Crippen LogP contribution in [0.3, 0.4) is 0 Å². The summed E-state index contributed by atoms with van der Waals surface area (Å²) in [7, 11) is 1.81. The largest absolute Gasteiger partial charge is 0.460 e. The molecule has 0 saturated heterocycles. The van der Waals surface area contributed by atoms with E-state index in [0.29, 0.717) is 34.9 Å².